The summed E-state index contributed by atoms with van der Waals surface area (Å²) in [6.07, 6.45) is 4.75. The van der Waals surface area contributed by atoms with Crippen LogP contribution in [-0.4, -0.2) is 14.5 Å². The number of aryl methyl sites for hydroxylation is 2. The van der Waals surface area contributed by atoms with Crippen LogP contribution >= 0.6 is 23.2 Å². The first-order valence-electron chi connectivity index (χ1n) is 9.95. The number of pyridine rings is 1. The molecule has 0 saturated carbocycles. The Kier molecular flexibility index (Phi) is 6.57. The minimum atomic E-state index is -0.410. The Morgan fingerprint density at radius 2 is 1.91 bits per heavy atom. The van der Waals surface area contributed by atoms with Crippen molar-refractivity contribution >= 4 is 23.2 Å². The van der Waals surface area contributed by atoms with Crippen molar-refractivity contribution in [3.05, 3.63) is 105 Å². The normalized spacial score (nSPS) is 11.8. The van der Waals surface area contributed by atoms with Gasteiger partial charge in [-0.1, -0.05) is 53.5 Å². The molecule has 0 spiro atoms. The molecule has 0 amide bonds. The van der Waals surface area contributed by atoms with E-state index in [-0.39, 0.29) is 11.8 Å². The van der Waals surface area contributed by atoms with Crippen molar-refractivity contribution in [2.75, 3.05) is 0 Å². The molecule has 4 rings (SSSR count). The van der Waals surface area contributed by atoms with E-state index in [2.05, 4.69) is 16.0 Å². The summed E-state index contributed by atoms with van der Waals surface area (Å²) in [7, 11) is 1.92. The molecule has 0 aliphatic carbocycles. The highest BCUT2D eigenvalue weighted by Gasteiger charge is 2.21. The number of rotatable bonds is 6. The van der Waals surface area contributed by atoms with Gasteiger partial charge in [-0.05, 0) is 47.4 Å². The van der Waals surface area contributed by atoms with Crippen molar-refractivity contribution in [3.8, 4) is 17.2 Å². The summed E-state index contributed by atoms with van der Waals surface area (Å²) in [5.41, 5.74) is 6.21. The van der Waals surface area contributed by atoms with E-state index >= 15 is 0 Å². The first kappa shape index (κ1) is 22.0. The molecule has 0 aliphatic heterocycles. The third-order valence-electron chi connectivity index (χ3n) is 5.29. The highest BCUT2D eigenvalue weighted by molar-refractivity contribution is 6.41. The largest absolute Gasteiger partial charge is 0.362 e. The van der Waals surface area contributed by atoms with Gasteiger partial charge in [0.25, 0.3) is 0 Å². The molecule has 2 aromatic heterocycles. The van der Waals surface area contributed by atoms with Gasteiger partial charge < -0.3 is 9.30 Å². The molecule has 32 heavy (non-hydrogen) atoms. The van der Waals surface area contributed by atoms with Gasteiger partial charge in [-0.2, -0.15) is 5.26 Å². The minimum Gasteiger partial charge on any atom is -0.362 e. The van der Waals surface area contributed by atoms with Crippen LogP contribution < -0.4 is 0 Å². The molecule has 0 fully saturated rings. The second-order valence-electron chi connectivity index (χ2n) is 7.47. The van der Waals surface area contributed by atoms with E-state index in [9.17, 15) is 5.26 Å². The van der Waals surface area contributed by atoms with Gasteiger partial charge in [0.1, 0.15) is 11.3 Å². The Balaban J connectivity index is 1.75. The fourth-order valence-electron chi connectivity index (χ4n) is 3.61. The first-order valence-corrected chi connectivity index (χ1v) is 10.7. The average Bonchev–Trinajstić information content (AvgIpc) is 3.22. The van der Waals surface area contributed by atoms with E-state index in [1.54, 1.807) is 24.8 Å². The summed E-state index contributed by atoms with van der Waals surface area (Å²) in [5.74, 6) is 0. The average molecular weight is 463 g/mol. The Labute approximate surface area is 196 Å². The fourth-order valence-corrected chi connectivity index (χ4v) is 3.90. The van der Waals surface area contributed by atoms with Crippen molar-refractivity contribution in [1.29, 1.82) is 5.26 Å². The minimum absolute atomic E-state index is 0.258. The molecule has 160 valence electrons. The summed E-state index contributed by atoms with van der Waals surface area (Å²) < 4.78 is 8.26. The number of benzene rings is 2. The van der Waals surface area contributed by atoms with Crippen LogP contribution in [-0.2, 0) is 18.4 Å². The Hall–Kier alpha value is -3.17. The molecular weight excluding hydrogens is 443 g/mol. The molecule has 0 radical (unpaired) electrons. The van der Waals surface area contributed by atoms with Crippen LogP contribution in [0.4, 0.5) is 0 Å². The number of halogens is 2. The number of aromatic nitrogens is 3. The second kappa shape index (κ2) is 9.54. The monoisotopic (exact) mass is 462 g/mol. The van der Waals surface area contributed by atoms with Gasteiger partial charge in [0, 0.05) is 18.8 Å². The smallest absolute Gasteiger partial charge is 0.147 e. The van der Waals surface area contributed by atoms with E-state index in [0.29, 0.717) is 10.6 Å². The van der Waals surface area contributed by atoms with Gasteiger partial charge in [0.2, 0.25) is 0 Å². The fraction of sp³-hybridized carbons (Fsp3) is 0.160. The molecule has 2 aromatic carbocycles. The van der Waals surface area contributed by atoms with Crippen LogP contribution in [0.25, 0.3) is 11.1 Å². The molecule has 7 heteroatoms. The lowest BCUT2D eigenvalue weighted by Gasteiger charge is -2.21. The van der Waals surface area contributed by atoms with Crippen LogP contribution in [0, 0.1) is 18.3 Å². The maximum absolute atomic E-state index is 9.70. The molecular formula is C25H20Cl2N4O. The van der Waals surface area contributed by atoms with Crippen LogP contribution in [0.5, 0.6) is 0 Å². The van der Waals surface area contributed by atoms with Gasteiger partial charge in [-0.3, -0.25) is 0 Å². The van der Waals surface area contributed by atoms with E-state index in [1.807, 2.05) is 61.0 Å². The van der Waals surface area contributed by atoms with Gasteiger partial charge in [0.15, 0.2) is 0 Å². The Morgan fingerprint density at radius 1 is 1.09 bits per heavy atom. The standard InChI is InChI=1S/C25H20Cl2N4O/c1-16-5-3-4-6-20(16)21-10-18(7-8-19(21)11-28)24(23-13-29-15-31(23)2)32-14-17-9-22(26)25(27)30-12-17/h3-10,12-13,15,24H,14H2,1-2H3. The second-order valence-corrected chi connectivity index (χ2v) is 8.23. The topological polar surface area (TPSA) is 63.7 Å². The summed E-state index contributed by atoms with van der Waals surface area (Å²) in [5, 5.41) is 10.3. The predicted octanol–water partition coefficient (Wildman–Crippen LogP) is 6.28. The lowest BCUT2D eigenvalue weighted by Crippen LogP contribution is -2.11. The third-order valence-corrected chi connectivity index (χ3v) is 5.98. The van der Waals surface area contributed by atoms with Gasteiger partial charge in [0.05, 0.1) is 41.5 Å². The zero-order valence-electron chi connectivity index (χ0n) is 17.6. The quantitative estimate of drug-likeness (QED) is 0.316. The summed E-state index contributed by atoms with van der Waals surface area (Å²) in [6.45, 7) is 2.31. The summed E-state index contributed by atoms with van der Waals surface area (Å²) in [6, 6.07) is 17.9. The van der Waals surface area contributed by atoms with Crippen LogP contribution in [0.1, 0.15) is 34.1 Å². The molecule has 5 nitrogen and oxygen atoms in total. The highest BCUT2D eigenvalue weighted by atomic mass is 35.5. The van der Waals surface area contributed by atoms with Gasteiger partial charge in [-0.15, -0.1) is 0 Å². The molecule has 1 atom stereocenters. The van der Waals surface area contributed by atoms with Gasteiger partial charge >= 0.3 is 0 Å². The molecule has 0 aliphatic rings. The molecule has 4 aromatic rings. The highest BCUT2D eigenvalue weighted by Crippen LogP contribution is 2.33. The Morgan fingerprint density at radius 3 is 2.59 bits per heavy atom. The van der Waals surface area contributed by atoms with Crippen LogP contribution in [0.3, 0.4) is 0 Å². The van der Waals surface area contributed by atoms with Crippen molar-refractivity contribution < 1.29 is 4.74 Å². The van der Waals surface area contributed by atoms with E-state index < -0.39 is 6.10 Å². The lowest BCUT2D eigenvalue weighted by atomic mass is 9.93. The maximum Gasteiger partial charge on any atom is 0.147 e. The lowest BCUT2D eigenvalue weighted by molar-refractivity contribution is 0.0620. The zero-order chi connectivity index (χ0) is 22.7. The van der Waals surface area contributed by atoms with Crippen molar-refractivity contribution in [2.45, 2.75) is 19.6 Å². The summed E-state index contributed by atoms with van der Waals surface area (Å²) >= 11 is 12.0. The SMILES string of the molecule is Cc1ccccc1-c1cc(C(OCc2cnc(Cl)c(Cl)c2)c2cncn2C)ccc1C#N. The number of nitriles is 1. The number of nitrogens with zero attached hydrogens (tertiary/aromatic N) is 4. The molecule has 0 N–H and O–H groups in total. The first-order chi connectivity index (χ1) is 15.5. The zero-order valence-corrected chi connectivity index (χ0v) is 19.1. The van der Waals surface area contributed by atoms with E-state index in [1.165, 1.54) is 0 Å². The van der Waals surface area contributed by atoms with E-state index in [4.69, 9.17) is 27.9 Å². The number of hydrogen-bond acceptors (Lipinski definition) is 4. The molecule has 2 heterocycles. The van der Waals surface area contributed by atoms with Crippen LogP contribution in [0.15, 0.2) is 67.3 Å². The van der Waals surface area contributed by atoms with E-state index in [0.717, 1.165) is 33.5 Å². The van der Waals surface area contributed by atoms with Crippen LogP contribution in [0.2, 0.25) is 10.2 Å². The molecule has 0 saturated heterocycles. The van der Waals surface area contributed by atoms with Crippen molar-refractivity contribution in [1.82, 2.24) is 14.5 Å². The summed E-state index contributed by atoms with van der Waals surface area (Å²) in [4.78, 5) is 8.35. The van der Waals surface area contributed by atoms with Crippen molar-refractivity contribution in [3.63, 3.8) is 0 Å². The number of imidazole rings is 1. The predicted molar refractivity (Wildman–Crippen MR) is 125 cm³/mol. The Bertz CT molecular complexity index is 1310. The number of hydrogen-bond donors (Lipinski definition) is 0. The molecule has 0 bridgehead atoms. The maximum atomic E-state index is 9.70. The molecule has 1 unspecified atom stereocenters. The van der Waals surface area contributed by atoms with Crippen molar-refractivity contribution in [2.24, 2.45) is 7.05 Å². The van der Waals surface area contributed by atoms with Gasteiger partial charge in [-0.25, -0.2) is 9.97 Å². The number of ether oxygens (including phenoxy) is 1. The third kappa shape index (κ3) is 4.53.